The number of rotatable bonds is 11. The van der Waals surface area contributed by atoms with Crippen molar-refractivity contribution in [3.8, 4) is 5.75 Å². The van der Waals surface area contributed by atoms with Crippen molar-refractivity contribution in [2.24, 2.45) is 0 Å². The van der Waals surface area contributed by atoms with Crippen LogP contribution >= 0.6 is 0 Å². The largest absolute Gasteiger partial charge is 0.494 e. The number of anilines is 6. The summed E-state index contributed by atoms with van der Waals surface area (Å²) < 4.78 is 33.5. The normalized spacial score (nSPS) is 12.8. The summed E-state index contributed by atoms with van der Waals surface area (Å²) in [5.41, 5.74) is 7.11. The highest BCUT2D eigenvalue weighted by Crippen LogP contribution is 2.37. The fourth-order valence-corrected chi connectivity index (χ4v) is 3.60. The second-order valence-electron chi connectivity index (χ2n) is 9.16. The number of methoxy groups -OCH3 is 1. The molecule has 0 amide bonds. The first kappa shape index (κ1) is 27.8. The zero-order valence-electron chi connectivity index (χ0n) is 21.9. The van der Waals surface area contributed by atoms with E-state index >= 15 is 0 Å². The maximum atomic E-state index is 14.0. The molecule has 0 saturated carbocycles. The highest BCUT2D eigenvalue weighted by molar-refractivity contribution is 5.79. The molecule has 0 saturated heterocycles. The number of likely N-dealkylation sites (N-methyl/N-ethyl adjacent to an activating group) is 2. The van der Waals surface area contributed by atoms with Crippen LogP contribution in [-0.2, 0) is 5.60 Å². The van der Waals surface area contributed by atoms with Crippen LogP contribution in [-0.4, -0.2) is 66.3 Å². The van der Waals surface area contributed by atoms with Gasteiger partial charge in [-0.2, -0.15) is 4.98 Å². The second kappa shape index (κ2) is 11.5. The molecular formula is C25H34F2N8O2. The van der Waals surface area contributed by atoms with E-state index in [0.717, 1.165) is 30.9 Å². The molecule has 37 heavy (non-hydrogen) atoms. The predicted octanol–water partition coefficient (Wildman–Crippen LogP) is 3.84. The van der Waals surface area contributed by atoms with E-state index in [1.54, 1.807) is 20.1 Å². The standard InChI is InChI=1S/C25H34F2N8O2/c1-7-25(2,36)15-10-16(26)17(27)11-19(15)31-23-29-14-30-24(33-23)32-20-12-18(28)21(13-22(20)37-6)35(5)9-8-34(3)4/h10-14,36H,7-9,28H2,1-6H3,(H2,29,30,31,32,33). The van der Waals surface area contributed by atoms with Crippen molar-refractivity contribution in [2.45, 2.75) is 25.9 Å². The smallest absolute Gasteiger partial charge is 0.232 e. The summed E-state index contributed by atoms with van der Waals surface area (Å²) >= 11 is 0. The molecule has 0 spiro atoms. The monoisotopic (exact) mass is 516 g/mol. The Bertz CT molecular complexity index is 1240. The quantitative estimate of drug-likeness (QED) is 0.279. The summed E-state index contributed by atoms with van der Waals surface area (Å²) in [6, 6.07) is 5.48. The van der Waals surface area contributed by atoms with Gasteiger partial charge in [0.2, 0.25) is 11.9 Å². The Kier molecular flexibility index (Phi) is 8.66. The number of aliphatic hydroxyl groups is 1. The van der Waals surface area contributed by atoms with Gasteiger partial charge in [0.15, 0.2) is 11.6 Å². The Morgan fingerprint density at radius 3 is 2.22 bits per heavy atom. The highest BCUT2D eigenvalue weighted by atomic mass is 19.2. The van der Waals surface area contributed by atoms with Gasteiger partial charge in [0.1, 0.15) is 12.1 Å². The van der Waals surface area contributed by atoms with Gasteiger partial charge in [0.05, 0.1) is 35.5 Å². The van der Waals surface area contributed by atoms with Crippen molar-refractivity contribution in [1.82, 2.24) is 19.9 Å². The maximum absolute atomic E-state index is 14.0. The molecule has 0 aliphatic rings. The van der Waals surface area contributed by atoms with Crippen molar-refractivity contribution in [3.05, 3.63) is 47.8 Å². The number of hydrogen-bond acceptors (Lipinski definition) is 10. The molecule has 3 rings (SSSR count). The molecule has 12 heteroatoms. The molecule has 0 aliphatic carbocycles. The zero-order chi connectivity index (χ0) is 27.3. The number of hydrogen-bond donors (Lipinski definition) is 4. The highest BCUT2D eigenvalue weighted by Gasteiger charge is 2.26. The van der Waals surface area contributed by atoms with Crippen LogP contribution in [0.2, 0.25) is 0 Å². The summed E-state index contributed by atoms with van der Waals surface area (Å²) in [4.78, 5) is 16.7. The van der Waals surface area contributed by atoms with E-state index in [-0.39, 0.29) is 29.6 Å². The van der Waals surface area contributed by atoms with E-state index in [2.05, 4.69) is 30.5 Å². The lowest BCUT2D eigenvalue weighted by Gasteiger charge is -2.25. The van der Waals surface area contributed by atoms with Gasteiger partial charge in [-0.15, -0.1) is 0 Å². The van der Waals surface area contributed by atoms with Crippen LogP contribution in [0.15, 0.2) is 30.6 Å². The van der Waals surface area contributed by atoms with E-state index < -0.39 is 17.2 Å². The minimum absolute atomic E-state index is 0.0589. The summed E-state index contributed by atoms with van der Waals surface area (Å²) in [6.07, 6.45) is 1.53. The van der Waals surface area contributed by atoms with Crippen molar-refractivity contribution >= 4 is 34.6 Å². The fourth-order valence-electron chi connectivity index (χ4n) is 3.60. The van der Waals surface area contributed by atoms with E-state index in [4.69, 9.17) is 10.5 Å². The molecule has 1 heterocycles. The van der Waals surface area contributed by atoms with Gasteiger partial charge in [-0.25, -0.2) is 18.7 Å². The summed E-state index contributed by atoms with van der Waals surface area (Å²) in [6.45, 7) is 4.88. The molecule has 0 bridgehead atoms. The molecule has 2 aromatic carbocycles. The van der Waals surface area contributed by atoms with Crippen molar-refractivity contribution in [2.75, 3.05) is 62.6 Å². The van der Waals surface area contributed by atoms with E-state index in [1.807, 2.05) is 32.1 Å². The molecule has 0 aliphatic heterocycles. The molecule has 1 unspecified atom stereocenters. The molecule has 10 nitrogen and oxygen atoms in total. The topological polar surface area (TPSA) is 125 Å². The van der Waals surface area contributed by atoms with Gasteiger partial charge >= 0.3 is 0 Å². The number of aromatic nitrogens is 3. The Morgan fingerprint density at radius 1 is 1.00 bits per heavy atom. The second-order valence-corrected chi connectivity index (χ2v) is 9.16. The van der Waals surface area contributed by atoms with Crippen LogP contribution in [0.5, 0.6) is 5.75 Å². The Balaban J connectivity index is 1.88. The van der Waals surface area contributed by atoms with Crippen molar-refractivity contribution < 1.29 is 18.6 Å². The van der Waals surface area contributed by atoms with Crippen LogP contribution in [0.4, 0.5) is 43.4 Å². The van der Waals surface area contributed by atoms with E-state index in [9.17, 15) is 13.9 Å². The van der Waals surface area contributed by atoms with Crippen LogP contribution in [0.25, 0.3) is 0 Å². The summed E-state index contributed by atoms with van der Waals surface area (Å²) in [5, 5.41) is 16.6. The van der Waals surface area contributed by atoms with Crippen molar-refractivity contribution in [1.29, 1.82) is 0 Å². The molecule has 1 aromatic heterocycles. The first-order valence-corrected chi connectivity index (χ1v) is 11.7. The summed E-state index contributed by atoms with van der Waals surface area (Å²) in [5.74, 6) is -1.38. The molecular weight excluding hydrogens is 482 g/mol. The first-order valence-electron chi connectivity index (χ1n) is 11.7. The SMILES string of the molecule is CCC(C)(O)c1cc(F)c(F)cc1Nc1ncnc(Nc2cc(N)c(N(C)CCN(C)C)cc2OC)n1. The number of halogens is 2. The van der Waals surface area contributed by atoms with Gasteiger partial charge in [-0.05, 0) is 39.6 Å². The fraction of sp³-hybridized carbons (Fsp3) is 0.400. The van der Waals surface area contributed by atoms with Crippen LogP contribution in [0, 0.1) is 11.6 Å². The lowest BCUT2D eigenvalue weighted by Crippen LogP contribution is -2.29. The third kappa shape index (κ3) is 6.71. The zero-order valence-corrected chi connectivity index (χ0v) is 21.9. The number of nitrogen functional groups attached to an aromatic ring is 1. The molecule has 1 atom stereocenters. The number of nitrogens with zero attached hydrogens (tertiary/aromatic N) is 5. The number of benzene rings is 2. The Morgan fingerprint density at radius 2 is 1.62 bits per heavy atom. The van der Waals surface area contributed by atoms with Gasteiger partial charge in [-0.3, -0.25) is 0 Å². The summed E-state index contributed by atoms with van der Waals surface area (Å²) in [7, 11) is 7.50. The maximum Gasteiger partial charge on any atom is 0.232 e. The predicted molar refractivity (Wildman–Crippen MR) is 142 cm³/mol. The minimum Gasteiger partial charge on any atom is -0.494 e. The first-order chi connectivity index (χ1) is 17.4. The van der Waals surface area contributed by atoms with E-state index in [0.29, 0.717) is 17.1 Å². The molecule has 200 valence electrons. The Hall–Kier alpha value is -3.77. The molecule has 3 aromatic rings. The average Bonchev–Trinajstić information content (AvgIpc) is 2.85. The lowest BCUT2D eigenvalue weighted by atomic mass is 9.91. The van der Waals surface area contributed by atoms with Gasteiger partial charge < -0.3 is 36.0 Å². The van der Waals surface area contributed by atoms with Crippen LogP contribution < -0.4 is 26.0 Å². The molecule has 0 fully saturated rings. The van der Waals surface area contributed by atoms with Gasteiger partial charge in [-0.1, -0.05) is 6.92 Å². The van der Waals surface area contributed by atoms with Gasteiger partial charge in [0, 0.05) is 37.8 Å². The third-order valence-corrected chi connectivity index (χ3v) is 6.04. The molecule has 5 N–H and O–H groups in total. The minimum atomic E-state index is -1.41. The third-order valence-electron chi connectivity index (χ3n) is 6.04. The van der Waals surface area contributed by atoms with E-state index in [1.165, 1.54) is 13.3 Å². The van der Waals surface area contributed by atoms with Crippen LogP contribution in [0.1, 0.15) is 25.8 Å². The Labute approximate surface area is 215 Å². The van der Waals surface area contributed by atoms with Gasteiger partial charge in [0.25, 0.3) is 0 Å². The van der Waals surface area contributed by atoms with Crippen LogP contribution in [0.3, 0.4) is 0 Å². The molecule has 0 radical (unpaired) electrons. The lowest BCUT2D eigenvalue weighted by molar-refractivity contribution is 0.0534. The number of nitrogens with two attached hydrogens (primary N) is 1. The van der Waals surface area contributed by atoms with Crippen molar-refractivity contribution in [3.63, 3.8) is 0 Å². The number of nitrogens with one attached hydrogen (secondary N) is 2. The number of ether oxygens (including phenoxy) is 1. The average molecular weight is 517 g/mol.